The van der Waals surface area contributed by atoms with E-state index in [2.05, 4.69) is 4.90 Å². The fourth-order valence-electron chi connectivity index (χ4n) is 2.68. The molecule has 0 N–H and O–H groups in total. The van der Waals surface area contributed by atoms with Crippen LogP contribution < -0.4 is 4.74 Å². The number of hydrogen-bond donors (Lipinski definition) is 0. The standard InChI is InChI=1S/C17H23NO3/c1-17(2,18-9-11-20-12-10-18)16(19)13-3-5-14(6-4-13)21-15-7-8-15/h3-6,15H,7-12H2,1-2H3. The monoisotopic (exact) mass is 289 g/mol. The van der Waals surface area contributed by atoms with Crippen molar-refractivity contribution in [2.45, 2.75) is 38.3 Å². The van der Waals surface area contributed by atoms with Crippen molar-refractivity contribution < 1.29 is 14.3 Å². The topological polar surface area (TPSA) is 38.8 Å². The van der Waals surface area contributed by atoms with Gasteiger partial charge in [-0.2, -0.15) is 0 Å². The molecule has 1 aromatic rings. The molecule has 0 unspecified atom stereocenters. The van der Waals surface area contributed by atoms with Gasteiger partial charge in [0.25, 0.3) is 0 Å². The summed E-state index contributed by atoms with van der Waals surface area (Å²) in [6.07, 6.45) is 2.67. The smallest absolute Gasteiger partial charge is 0.182 e. The van der Waals surface area contributed by atoms with Crippen LogP contribution in [0.3, 0.4) is 0 Å². The third kappa shape index (κ3) is 3.27. The van der Waals surface area contributed by atoms with Crippen LogP contribution in [0.2, 0.25) is 0 Å². The second kappa shape index (κ2) is 5.78. The van der Waals surface area contributed by atoms with Gasteiger partial charge in [0, 0.05) is 18.7 Å². The summed E-state index contributed by atoms with van der Waals surface area (Å²) in [5.41, 5.74) is 0.248. The highest BCUT2D eigenvalue weighted by Gasteiger charge is 2.35. The summed E-state index contributed by atoms with van der Waals surface area (Å²) in [6.45, 7) is 7.00. The lowest BCUT2D eigenvalue weighted by Gasteiger charge is -2.39. The average molecular weight is 289 g/mol. The van der Waals surface area contributed by atoms with E-state index in [-0.39, 0.29) is 5.78 Å². The first-order valence-electron chi connectivity index (χ1n) is 7.72. The molecule has 1 aromatic carbocycles. The number of rotatable bonds is 5. The minimum atomic E-state index is -0.497. The van der Waals surface area contributed by atoms with Crippen LogP contribution in [0.15, 0.2) is 24.3 Å². The SMILES string of the molecule is CC(C)(C(=O)c1ccc(OC2CC2)cc1)N1CCOCC1. The molecule has 0 radical (unpaired) electrons. The van der Waals surface area contributed by atoms with E-state index in [4.69, 9.17) is 9.47 Å². The summed E-state index contributed by atoms with van der Waals surface area (Å²) in [6, 6.07) is 7.56. The van der Waals surface area contributed by atoms with Crippen LogP contribution in [-0.2, 0) is 4.74 Å². The highest BCUT2D eigenvalue weighted by Crippen LogP contribution is 2.28. The van der Waals surface area contributed by atoms with Crippen LogP contribution >= 0.6 is 0 Å². The van der Waals surface area contributed by atoms with E-state index in [0.717, 1.165) is 37.2 Å². The third-order valence-electron chi connectivity index (χ3n) is 4.30. The predicted molar refractivity (Wildman–Crippen MR) is 80.9 cm³/mol. The third-order valence-corrected chi connectivity index (χ3v) is 4.30. The summed E-state index contributed by atoms with van der Waals surface area (Å²) in [4.78, 5) is 15.0. The molecule has 0 bridgehead atoms. The van der Waals surface area contributed by atoms with Crippen LogP contribution in [0.25, 0.3) is 0 Å². The molecular weight excluding hydrogens is 266 g/mol. The first-order valence-corrected chi connectivity index (χ1v) is 7.72. The Morgan fingerprint density at radius 3 is 2.38 bits per heavy atom. The second-order valence-electron chi connectivity index (χ2n) is 6.33. The van der Waals surface area contributed by atoms with Crippen molar-refractivity contribution in [1.29, 1.82) is 0 Å². The van der Waals surface area contributed by atoms with Crippen LogP contribution in [0, 0.1) is 0 Å². The van der Waals surface area contributed by atoms with Gasteiger partial charge < -0.3 is 9.47 Å². The number of ether oxygens (including phenoxy) is 2. The fraction of sp³-hybridized carbons (Fsp3) is 0.588. The van der Waals surface area contributed by atoms with Gasteiger partial charge in [-0.25, -0.2) is 0 Å². The lowest BCUT2D eigenvalue weighted by atomic mass is 9.91. The Morgan fingerprint density at radius 2 is 1.81 bits per heavy atom. The first kappa shape index (κ1) is 14.5. The molecule has 2 fully saturated rings. The zero-order valence-electron chi connectivity index (χ0n) is 12.8. The van der Waals surface area contributed by atoms with Gasteiger partial charge in [0.1, 0.15) is 5.75 Å². The van der Waals surface area contributed by atoms with Crippen LogP contribution in [0.4, 0.5) is 0 Å². The molecule has 2 aliphatic rings. The number of hydrogen-bond acceptors (Lipinski definition) is 4. The minimum Gasteiger partial charge on any atom is -0.490 e. The van der Waals surface area contributed by atoms with Gasteiger partial charge in [-0.3, -0.25) is 9.69 Å². The molecule has 1 saturated heterocycles. The zero-order chi connectivity index (χ0) is 14.9. The number of morpholine rings is 1. The van der Waals surface area contributed by atoms with Gasteiger partial charge in [-0.15, -0.1) is 0 Å². The molecule has 1 aliphatic heterocycles. The molecule has 4 nitrogen and oxygen atoms in total. The molecule has 21 heavy (non-hydrogen) atoms. The first-order chi connectivity index (χ1) is 10.1. The van der Waals surface area contributed by atoms with E-state index in [0.29, 0.717) is 19.3 Å². The lowest BCUT2D eigenvalue weighted by Crippen LogP contribution is -2.54. The van der Waals surface area contributed by atoms with Gasteiger partial charge in [-0.1, -0.05) is 0 Å². The largest absolute Gasteiger partial charge is 0.490 e. The summed E-state index contributed by atoms with van der Waals surface area (Å²) < 4.78 is 11.1. The molecule has 0 aromatic heterocycles. The Balaban J connectivity index is 1.70. The fourth-order valence-corrected chi connectivity index (χ4v) is 2.68. The molecule has 1 saturated carbocycles. The molecule has 3 rings (SSSR count). The van der Waals surface area contributed by atoms with Gasteiger partial charge in [0.05, 0.1) is 24.9 Å². The molecule has 4 heteroatoms. The number of benzene rings is 1. The molecule has 1 heterocycles. The van der Waals surface area contributed by atoms with E-state index in [9.17, 15) is 4.79 Å². The highest BCUT2D eigenvalue weighted by molar-refractivity contribution is 6.02. The molecule has 0 atom stereocenters. The Hall–Kier alpha value is -1.39. The van der Waals surface area contributed by atoms with Crippen molar-refractivity contribution in [3.05, 3.63) is 29.8 Å². The Labute approximate surface area is 126 Å². The number of ketones is 1. The molecule has 114 valence electrons. The summed E-state index contributed by atoms with van der Waals surface area (Å²) in [5, 5.41) is 0. The maximum atomic E-state index is 12.8. The van der Waals surface area contributed by atoms with E-state index in [1.54, 1.807) is 0 Å². The van der Waals surface area contributed by atoms with Crippen LogP contribution in [0.5, 0.6) is 5.75 Å². The molecule has 0 spiro atoms. The van der Waals surface area contributed by atoms with E-state index >= 15 is 0 Å². The molecular formula is C17H23NO3. The number of carbonyl (C=O) groups is 1. The quantitative estimate of drug-likeness (QED) is 0.781. The van der Waals surface area contributed by atoms with E-state index in [1.165, 1.54) is 0 Å². The van der Waals surface area contributed by atoms with E-state index in [1.807, 2.05) is 38.1 Å². The van der Waals surface area contributed by atoms with E-state index < -0.39 is 5.54 Å². The van der Waals surface area contributed by atoms with Crippen molar-refractivity contribution in [3.63, 3.8) is 0 Å². The van der Waals surface area contributed by atoms with Crippen molar-refractivity contribution >= 4 is 5.78 Å². The van der Waals surface area contributed by atoms with Crippen molar-refractivity contribution in [2.75, 3.05) is 26.3 Å². The van der Waals surface area contributed by atoms with Crippen molar-refractivity contribution in [3.8, 4) is 5.75 Å². The Morgan fingerprint density at radius 1 is 1.19 bits per heavy atom. The zero-order valence-corrected chi connectivity index (χ0v) is 12.8. The van der Waals surface area contributed by atoms with Gasteiger partial charge in [0.2, 0.25) is 0 Å². The number of nitrogens with zero attached hydrogens (tertiary/aromatic N) is 1. The van der Waals surface area contributed by atoms with Crippen molar-refractivity contribution in [1.82, 2.24) is 4.90 Å². The Bertz CT molecular complexity index is 499. The van der Waals surface area contributed by atoms with Gasteiger partial charge in [-0.05, 0) is 51.0 Å². The van der Waals surface area contributed by atoms with Crippen LogP contribution in [-0.4, -0.2) is 48.6 Å². The molecule has 0 amide bonds. The minimum absolute atomic E-state index is 0.155. The molecule has 1 aliphatic carbocycles. The maximum Gasteiger partial charge on any atom is 0.182 e. The number of carbonyl (C=O) groups excluding carboxylic acids is 1. The normalized spacial score (nSPS) is 20.3. The summed E-state index contributed by atoms with van der Waals surface area (Å²) in [5.74, 6) is 1.01. The lowest BCUT2D eigenvalue weighted by molar-refractivity contribution is -0.00429. The highest BCUT2D eigenvalue weighted by atomic mass is 16.5. The van der Waals surface area contributed by atoms with Gasteiger partial charge in [0.15, 0.2) is 5.78 Å². The second-order valence-corrected chi connectivity index (χ2v) is 6.33. The predicted octanol–water partition coefficient (Wildman–Crippen LogP) is 2.52. The van der Waals surface area contributed by atoms with Gasteiger partial charge >= 0.3 is 0 Å². The van der Waals surface area contributed by atoms with Crippen molar-refractivity contribution in [2.24, 2.45) is 0 Å². The maximum absolute atomic E-state index is 12.8. The van der Waals surface area contributed by atoms with Crippen LogP contribution in [0.1, 0.15) is 37.0 Å². The summed E-state index contributed by atoms with van der Waals surface area (Å²) >= 11 is 0. The summed E-state index contributed by atoms with van der Waals surface area (Å²) in [7, 11) is 0. The Kier molecular flexibility index (Phi) is 4.00. The average Bonchev–Trinajstić information content (AvgIpc) is 3.32. The number of Topliss-reactive ketones (excluding diaryl/α,β-unsaturated/α-hetero) is 1.